The number of hydrogen-bond donors (Lipinski definition) is 2. The van der Waals surface area contributed by atoms with Crippen LogP contribution in [0.4, 0.5) is 5.69 Å². The normalized spacial score (nSPS) is 14.9. The number of fused-ring (bicyclic) bond motifs is 1. The van der Waals surface area contributed by atoms with Crippen molar-refractivity contribution in [1.29, 1.82) is 0 Å². The van der Waals surface area contributed by atoms with E-state index in [9.17, 15) is 4.79 Å². The average molecular weight is 290 g/mol. The first-order valence-electron chi connectivity index (χ1n) is 6.77. The molecule has 1 fully saturated rings. The SMILES string of the molecule is CN(CCNC(=O)c1sc2cnccc2c1N)C1CC1. The summed E-state index contributed by atoms with van der Waals surface area (Å²) in [5.74, 6) is -0.0899. The smallest absolute Gasteiger partial charge is 0.263 e. The largest absolute Gasteiger partial charge is 0.397 e. The number of carbonyl (C=O) groups excluding carboxylic acids is 1. The number of nitrogens with two attached hydrogens (primary N) is 1. The van der Waals surface area contributed by atoms with E-state index in [1.54, 1.807) is 12.4 Å². The Morgan fingerprint density at radius 2 is 2.40 bits per heavy atom. The van der Waals surface area contributed by atoms with Gasteiger partial charge in [0.1, 0.15) is 4.88 Å². The Balaban J connectivity index is 1.64. The number of pyridine rings is 1. The van der Waals surface area contributed by atoms with E-state index in [2.05, 4.69) is 22.2 Å². The molecule has 2 heterocycles. The maximum Gasteiger partial charge on any atom is 0.263 e. The van der Waals surface area contributed by atoms with Crippen LogP contribution in [0, 0.1) is 0 Å². The molecule has 0 spiro atoms. The monoisotopic (exact) mass is 290 g/mol. The third-order valence-electron chi connectivity index (χ3n) is 3.66. The van der Waals surface area contributed by atoms with Crippen LogP contribution in [0.5, 0.6) is 0 Å². The van der Waals surface area contributed by atoms with Crippen molar-refractivity contribution in [2.75, 3.05) is 25.9 Å². The molecule has 0 radical (unpaired) electrons. The number of likely N-dealkylation sites (N-methyl/N-ethyl adjacent to an activating group) is 1. The van der Waals surface area contributed by atoms with E-state index in [0.29, 0.717) is 23.2 Å². The van der Waals surface area contributed by atoms with Gasteiger partial charge in [0.25, 0.3) is 5.91 Å². The van der Waals surface area contributed by atoms with Gasteiger partial charge in [-0.05, 0) is 26.0 Å². The molecule has 0 unspecified atom stereocenters. The molecular weight excluding hydrogens is 272 g/mol. The van der Waals surface area contributed by atoms with E-state index >= 15 is 0 Å². The minimum Gasteiger partial charge on any atom is -0.397 e. The number of carbonyl (C=O) groups is 1. The fourth-order valence-electron chi connectivity index (χ4n) is 2.26. The maximum atomic E-state index is 12.2. The number of nitrogen functional groups attached to an aromatic ring is 1. The van der Waals surface area contributed by atoms with Crippen LogP contribution < -0.4 is 11.1 Å². The van der Waals surface area contributed by atoms with Gasteiger partial charge in [-0.25, -0.2) is 0 Å². The number of nitrogens with one attached hydrogen (secondary N) is 1. The molecule has 0 aromatic carbocycles. The zero-order valence-corrected chi connectivity index (χ0v) is 12.2. The van der Waals surface area contributed by atoms with E-state index in [4.69, 9.17) is 5.73 Å². The second kappa shape index (κ2) is 5.38. The predicted molar refractivity (Wildman–Crippen MR) is 82.0 cm³/mol. The van der Waals surface area contributed by atoms with Crippen LogP contribution in [0.15, 0.2) is 18.5 Å². The Labute approximate surface area is 121 Å². The molecule has 0 bridgehead atoms. The fourth-order valence-corrected chi connectivity index (χ4v) is 3.27. The lowest BCUT2D eigenvalue weighted by Crippen LogP contribution is -2.33. The summed E-state index contributed by atoms with van der Waals surface area (Å²) in [5, 5.41) is 3.85. The number of amides is 1. The molecule has 3 N–H and O–H groups in total. The minimum absolute atomic E-state index is 0.0899. The summed E-state index contributed by atoms with van der Waals surface area (Å²) in [4.78, 5) is 19.1. The Morgan fingerprint density at radius 1 is 1.60 bits per heavy atom. The van der Waals surface area contributed by atoms with Crippen molar-refractivity contribution in [3.8, 4) is 0 Å². The highest BCUT2D eigenvalue weighted by Crippen LogP contribution is 2.32. The van der Waals surface area contributed by atoms with Gasteiger partial charge >= 0.3 is 0 Å². The molecule has 6 heteroatoms. The van der Waals surface area contributed by atoms with Crippen LogP contribution in [-0.4, -0.2) is 42.0 Å². The zero-order chi connectivity index (χ0) is 14.1. The molecule has 3 rings (SSSR count). The maximum absolute atomic E-state index is 12.2. The molecule has 1 aliphatic rings. The quantitative estimate of drug-likeness (QED) is 0.879. The predicted octanol–water partition coefficient (Wildman–Crippen LogP) is 1.70. The van der Waals surface area contributed by atoms with Crippen LogP contribution >= 0.6 is 11.3 Å². The minimum atomic E-state index is -0.0899. The molecular formula is C14H18N4OS. The average Bonchev–Trinajstić information content (AvgIpc) is 3.24. The second-order valence-corrected chi connectivity index (χ2v) is 6.24. The molecule has 1 saturated carbocycles. The zero-order valence-electron chi connectivity index (χ0n) is 11.4. The van der Waals surface area contributed by atoms with Crippen molar-refractivity contribution in [1.82, 2.24) is 15.2 Å². The first kappa shape index (κ1) is 13.3. The molecule has 20 heavy (non-hydrogen) atoms. The van der Waals surface area contributed by atoms with Crippen LogP contribution in [0.1, 0.15) is 22.5 Å². The van der Waals surface area contributed by atoms with E-state index < -0.39 is 0 Å². The molecule has 5 nitrogen and oxygen atoms in total. The standard InChI is InChI=1S/C14H18N4OS/c1-18(9-2-3-9)7-6-17-14(19)13-12(15)10-4-5-16-8-11(10)20-13/h4-5,8-9H,2-3,6-7,15H2,1H3,(H,17,19). The van der Waals surface area contributed by atoms with E-state index in [-0.39, 0.29) is 5.91 Å². The fraction of sp³-hybridized carbons (Fsp3) is 0.429. The molecule has 0 saturated heterocycles. The Morgan fingerprint density at radius 3 is 3.10 bits per heavy atom. The molecule has 106 valence electrons. The second-order valence-electron chi connectivity index (χ2n) is 5.18. The number of aromatic nitrogens is 1. The lowest BCUT2D eigenvalue weighted by atomic mass is 10.2. The molecule has 1 amide bonds. The molecule has 1 aliphatic carbocycles. The van der Waals surface area contributed by atoms with Crippen molar-refractivity contribution in [2.45, 2.75) is 18.9 Å². The van der Waals surface area contributed by atoms with Crippen LogP contribution in [0.25, 0.3) is 10.1 Å². The summed E-state index contributed by atoms with van der Waals surface area (Å²) in [6.07, 6.45) is 5.99. The number of anilines is 1. The van der Waals surface area contributed by atoms with Gasteiger partial charge in [0.15, 0.2) is 0 Å². The van der Waals surface area contributed by atoms with Crippen molar-refractivity contribution in [2.24, 2.45) is 0 Å². The number of hydrogen-bond acceptors (Lipinski definition) is 5. The van der Waals surface area contributed by atoms with E-state index in [1.165, 1.54) is 24.2 Å². The van der Waals surface area contributed by atoms with Gasteiger partial charge < -0.3 is 16.0 Å². The van der Waals surface area contributed by atoms with Crippen molar-refractivity contribution in [3.63, 3.8) is 0 Å². The van der Waals surface area contributed by atoms with Crippen molar-refractivity contribution < 1.29 is 4.79 Å². The highest BCUT2D eigenvalue weighted by atomic mass is 32.1. The summed E-state index contributed by atoms with van der Waals surface area (Å²) < 4.78 is 0.949. The summed E-state index contributed by atoms with van der Waals surface area (Å²) in [6.45, 7) is 1.53. The lowest BCUT2D eigenvalue weighted by molar-refractivity contribution is 0.0954. The van der Waals surface area contributed by atoms with Gasteiger partial charge in [-0.3, -0.25) is 9.78 Å². The van der Waals surface area contributed by atoms with Gasteiger partial charge in [-0.15, -0.1) is 11.3 Å². The summed E-state index contributed by atoms with van der Waals surface area (Å²) in [6, 6.07) is 2.56. The van der Waals surface area contributed by atoms with Gasteiger partial charge in [-0.1, -0.05) is 0 Å². The first-order chi connectivity index (χ1) is 9.66. The van der Waals surface area contributed by atoms with Crippen LogP contribution in [0.3, 0.4) is 0 Å². The van der Waals surface area contributed by atoms with Crippen molar-refractivity contribution in [3.05, 3.63) is 23.3 Å². The Bertz CT molecular complexity index is 635. The van der Waals surface area contributed by atoms with Gasteiger partial charge in [0, 0.05) is 36.9 Å². The van der Waals surface area contributed by atoms with Gasteiger partial charge in [0.05, 0.1) is 10.4 Å². The third kappa shape index (κ3) is 2.62. The molecule has 0 atom stereocenters. The number of thiophene rings is 1. The van der Waals surface area contributed by atoms with E-state index in [1.807, 2.05) is 6.07 Å². The summed E-state index contributed by atoms with van der Waals surface area (Å²) in [7, 11) is 2.10. The van der Waals surface area contributed by atoms with Crippen molar-refractivity contribution >= 4 is 33.0 Å². The van der Waals surface area contributed by atoms with E-state index in [0.717, 1.165) is 16.6 Å². The molecule has 2 aromatic rings. The number of rotatable bonds is 5. The van der Waals surface area contributed by atoms with Crippen LogP contribution in [-0.2, 0) is 0 Å². The van der Waals surface area contributed by atoms with Crippen LogP contribution in [0.2, 0.25) is 0 Å². The lowest BCUT2D eigenvalue weighted by Gasteiger charge is -2.15. The topological polar surface area (TPSA) is 71.2 Å². The summed E-state index contributed by atoms with van der Waals surface area (Å²) >= 11 is 1.40. The Hall–Kier alpha value is -1.66. The molecule has 0 aliphatic heterocycles. The number of nitrogens with zero attached hydrogens (tertiary/aromatic N) is 2. The highest BCUT2D eigenvalue weighted by Gasteiger charge is 2.25. The molecule has 2 aromatic heterocycles. The summed E-state index contributed by atoms with van der Waals surface area (Å²) in [5.41, 5.74) is 6.60. The van der Waals surface area contributed by atoms with Gasteiger partial charge in [-0.2, -0.15) is 0 Å². The van der Waals surface area contributed by atoms with Gasteiger partial charge in [0.2, 0.25) is 0 Å². The third-order valence-corrected chi connectivity index (χ3v) is 4.81. The highest BCUT2D eigenvalue weighted by molar-refractivity contribution is 7.21. The Kier molecular flexibility index (Phi) is 3.58. The first-order valence-corrected chi connectivity index (χ1v) is 7.59.